The number of hydrogen-bond donors (Lipinski definition) is 1. The second kappa shape index (κ2) is 9.12. The number of rotatable bonds is 6. The van der Waals surface area contributed by atoms with E-state index in [9.17, 15) is 9.59 Å². The van der Waals surface area contributed by atoms with Gasteiger partial charge in [-0.25, -0.2) is 4.98 Å². The van der Waals surface area contributed by atoms with Gasteiger partial charge in [0.1, 0.15) is 0 Å². The summed E-state index contributed by atoms with van der Waals surface area (Å²) in [7, 11) is 0. The highest BCUT2D eigenvalue weighted by atomic mass is 32.2. The third-order valence-corrected chi connectivity index (χ3v) is 6.76. The Morgan fingerprint density at radius 3 is 2.79 bits per heavy atom. The van der Waals surface area contributed by atoms with Gasteiger partial charge in [-0.15, -0.1) is 0 Å². The number of thioether (sulfide) groups is 1. The third kappa shape index (κ3) is 4.59. The van der Waals surface area contributed by atoms with Crippen molar-refractivity contribution in [3.8, 4) is 0 Å². The standard InChI is InChI=1S/C22H31N3O2S/c1-14(2)12-23-20(26)13-28-22-24-18-10-6-5-9-17(18)21(27)25(22)19-11-7-8-15(3)16(19)4/h5-6,9-10,14-16,19H,7-8,11-13H2,1-4H3,(H,23,26)/t15-,16+,19-/m0/s1. The van der Waals surface area contributed by atoms with E-state index in [0.29, 0.717) is 40.4 Å². The van der Waals surface area contributed by atoms with E-state index in [1.807, 2.05) is 28.8 Å². The van der Waals surface area contributed by atoms with Crippen molar-refractivity contribution < 1.29 is 4.79 Å². The summed E-state index contributed by atoms with van der Waals surface area (Å²) < 4.78 is 1.88. The molecule has 6 heteroatoms. The molecule has 28 heavy (non-hydrogen) atoms. The molecule has 3 rings (SSSR count). The largest absolute Gasteiger partial charge is 0.355 e. The molecule has 2 aromatic rings. The lowest BCUT2D eigenvalue weighted by molar-refractivity contribution is -0.118. The van der Waals surface area contributed by atoms with Crippen LogP contribution < -0.4 is 10.9 Å². The van der Waals surface area contributed by atoms with Crippen LogP contribution in [0.5, 0.6) is 0 Å². The number of para-hydroxylation sites is 1. The molecule has 1 N–H and O–H groups in total. The number of aromatic nitrogens is 2. The third-order valence-electron chi connectivity index (χ3n) is 5.81. The first kappa shape index (κ1) is 20.9. The van der Waals surface area contributed by atoms with Gasteiger partial charge in [0, 0.05) is 12.6 Å². The molecule has 1 heterocycles. The molecule has 1 saturated carbocycles. The van der Waals surface area contributed by atoms with E-state index in [0.717, 1.165) is 12.8 Å². The summed E-state index contributed by atoms with van der Waals surface area (Å²) in [5.74, 6) is 1.65. The second-order valence-electron chi connectivity index (χ2n) is 8.41. The lowest BCUT2D eigenvalue weighted by Gasteiger charge is -2.36. The molecule has 152 valence electrons. The lowest BCUT2D eigenvalue weighted by atomic mass is 9.78. The van der Waals surface area contributed by atoms with Crippen LogP contribution in [0.3, 0.4) is 0 Å². The fraction of sp³-hybridized carbons (Fsp3) is 0.591. The van der Waals surface area contributed by atoms with Gasteiger partial charge < -0.3 is 5.32 Å². The SMILES string of the molecule is CC(C)CNC(=O)CSc1nc2ccccc2c(=O)n1[C@H]1CCC[C@H](C)[C@H]1C. The minimum absolute atomic E-state index is 0.0154. The zero-order chi connectivity index (χ0) is 20.3. The topological polar surface area (TPSA) is 64.0 Å². The van der Waals surface area contributed by atoms with Gasteiger partial charge in [0.2, 0.25) is 5.91 Å². The maximum absolute atomic E-state index is 13.4. The van der Waals surface area contributed by atoms with Gasteiger partial charge in [-0.1, -0.05) is 64.4 Å². The number of carbonyl (C=O) groups is 1. The molecule has 0 bridgehead atoms. The first-order valence-electron chi connectivity index (χ1n) is 10.3. The van der Waals surface area contributed by atoms with Crippen molar-refractivity contribution in [1.29, 1.82) is 0 Å². The fourth-order valence-corrected chi connectivity index (χ4v) is 4.82. The van der Waals surface area contributed by atoms with Gasteiger partial charge in [-0.05, 0) is 36.3 Å². The van der Waals surface area contributed by atoms with Crippen molar-refractivity contribution in [1.82, 2.24) is 14.9 Å². The molecule has 0 spiro atoms. The molecule has 0 radical (unpaired) electrons. The predicted molar refractivity (Wildman–Crippen MR) is 116 cm³/mol. The number of carbonyl (C=O) groups excluding carboxylic acids is 1. The quantitative estimate of drug-likeness (QED) is 0.580. The Bertz CT molecular complexity index is 893. The number of benzene rings is 1. The van der Waals surface area contributed by atoms with Crippen LogP contribution in [0.4, 0.5) is 0 Å². The monoisotopic (exact) mass is 401 g/mol. The summed E-state index contributed by atoms with van der Waals surface area (Å²) in [6.07, 6.45) is 3.31. The molecule has 0 saturated heterocycles. The number of fused-ring (bicyclic) bond motifs is 1. The molecule has 1 fully saturated rings. The van der Waals surface area contributed by atoms with Crippen LogP contribution in [-0.2, 0) is 4.79 Å². The van der Waals surface area contributed by atoms with Gasteiger partial charge in [0.25, 0.3) is 5.56 Å². The van der Waals surface area contributed by atoms with Crippen LogP contribution in [0.25, 0.3) is 10.9 Å². The molecule has 0 aliphatic heterocycles. The Kier molecular flexibility index (Phi) is 6.81. The highest BCUT2D eigenvalue weighted by Gasteiger charge is 2.31. The van der Waals surface area contributed by atoms with Gasteiger partial charge in [0.05, 0.1) is 16.7 Å². The Morgan fingerprint density at radius 2 is 2.04 bits per heavy atom. The summed E-state index contributed by atoms with van der Waals surface area (Å²) in [5, 5.41) is 4.26. The molecular formula is C22H31N3O2S. The zero-order valence-corrected chi connectivity index (χ0v) is 18.1. The van der Waals surface area contributed by atoms with Crippen LogP contribution >= 0.6 is 11.8 Å². The number of nitrogens with one attached hydrogen (secondary N) is 1. The lowest BCUT2D eigenvalue weighted by Crippen LogP contribution is -2.36. The Balaban J connectivity index is 1.95. The zero-order valence-electron chi connectivity index (χ0n) is 17.3. The Labute approximate surface area is 171 Å². The maximum atomic E-state index is 13.4. The maximum Gasteiger partial charge on any atom is 0.262 e. The van der Waals surface area contributed by atoms with Crippen LogP contribution in [0.1, 0.15) is 53.0 Å². The van der Waals surface area contributed by atoms with Crippen LogP contribution in [0.15, 0.2) is 34.2 Å². The summed E-state index contributed by atoms with van der Waals surface area (Å²) in [4.78, 5) is 30.4. The number of hydrogen-bond acceptors (Lipinski definition) is 4. The van der Waals surface area contributed by atoms with E-state index in [1.54, 1.807) is 0 Å². The van der Waals surface area contributed by atoms with E-state index in [1.165, 1.54) is 18.2 Å². The molecule has 1 aromatic heterocycles. The molecular weight excluding hydrogens is 370 g/mol. The fourth-order valence-electron chi connectivity index (χ4n) is 3.94. The van der Waals surface area contributed by atoms with Crippen LogP contribution in [0.2, 0.25) is 0 Å². The predicted octanol–water partition coefficient (Wildman–Crippen LogP) is 4.26. The summed E-state index contributed by atoms with van der Waals surface area (Å²) in [6, 6.07) is 7.64. The highest BCUT2D eigenvalue weighted by Crippen LogP contribution is 2.38. The molecule has 1 aliphatic rings. The summed E-state index contributed by atoms with van der Waals surface area (Å²) in [5.41, 5.74) is 0.715. The highest BCUT2D eigenvalue weighted by molar-refractivity contribution is 7.99. The molecule has 5 nitrogen and oxygen atoms in total. The van der Waals surface area contributed by atoms with Crippen molar-refractivity contribution in [3.63, 3.8) is 0 Å². The first-order chi connectivity index (χ1) is 13.4. The van der Waals surface area contributed by atoms with E-state index < -0.39 is 0 Å². The molecule has 0 unspecified atom stereocenters. The van der Waals surface area contributed by atoms with Gasteiger partial charge in [0.15, 0.2) is 5.16 Å². The molecule has 3 atom stereocenters. The van der Waals surface area contributed by atoms with E-state index in [4.69, 9.17) is 4.98 Å². The minimum Gasteiger partial charge on any atom is -0.355 e. The van der Waals surface area contributed by atoms with Crippen molar-refractivity contribution in [2.45, 2.75) is 58.2 Å². The minimum atomic E-state index is -0.0160. The van der Waals surface area contributed by atoms with E-state index in [2.05, 4.69) is 33.0 Å². The number of nitrogens with zero attached hydrogens (tertiary/aromatic N) is 2. The van der Waals surface area contributed by atoms with Crippen molar-refractivity contribution in [2.24, 2.45) is 17.8 Å². The Hall–Kier alpha value is -1.82. The first-order valence-corrected chi connectivity index (χ1v) is 11.3. The average molecular weight is 402 g/mol. The normalized spacial score (nSPS) is 22.5. The van der Waals surface area contributed by atoms with E-state index in [-0.39, 0.29) is 23.3 Å². The van der Waals surface area contributed by atoms with Crippen molar-refractivity contribution in [3.05, 3.63) is 34.6 Å². The number of amides is 1. The van der Waals surface area contributed by atoms with Gasteiger partial charge >= 0.3 is 0 Å². The summed E-state index contributed by atoms with van der Waals surface area (Å²) >= 11 is 1.37. The smallest absolute Gasteiger partial charge is 0.262 e. The summed E-state index contributed by atoms with van der Waals surface area (Å²) in [6.45, 7) is 9.31. The van der Waals surface area contributed by atoms with Crippen LogP contribution in [-0.4, -0.2) is 27.8 Å². The molecule has 1 aromatic carbocycles. The van der Waals surface area contributed by atoms with Crippen LogP contribution in [0, 0.1) is 17.8 Å². The average Bonchev–Trinajstić information content (AvgIpc) is 2.67. The molecule has 1 aliphatic carbocycles. The van der Waals surface area contributed by atoms with Gasteiger partial charge in [-0.3, -0.25) is 14.2 Å². The van der Waals surface area contributed by atoms with Gasteiger partial charge in [-0.2, -0.15) is 0 Å². The van der Waals surface area contributed by atoms with E-state index >= 15 is 0 Å². The molecule has 1 amide bonds. The van der Waals surface area contributed by atoms with Crippen molar-refractivity contribution >= 4 is 28.6 Å². The second-order valence-corrected chi connectivity index (χ2v) is 9.35. The Morgan fingerprint density at radius 1 is 1.29 bits per heavy atom. The van der Waals surface area contributed by atoms with Crippen molar-refractivity contribution in [2.75, 3.05) is 12.3 Å².